The molecule has 0 aromatic carbocycles. The molecule has 2 rings (SSSR count). The summed E-state index contributed by atoms with van der Waals surface area (Å²) in [5, 5.41) is 13.4. The first-order valence-corrected chi connectivity index (χ1v) is 6.30. The van der Waals surface area contributed by atoms with E-state index in [0.29, 0.717) is 6.20 Å². The van der Waals surface area contributed by atoms with E-state index in [2.05, 4.69) is 15.1 Å². The lowest BCUT2D eigenvalue weighted by Gasteiger charge is -2.16. The van der Waals surface area contributed by atoms with Crippen molar-refractivity contribution in [1.82, 2.24) is 19.7 Å². The standard InChI is InChI=1S/C12H12ClF3N4O/c1-11(2,21)6-20-4-3-8(19-20)9-7(12(14,15)16)5-17-10(13)18-9/h3-5,21H,6H2,1-2H3. The third kappa shape index (κ3) is 3.92. The highest BCUT2D eigenvalue weighted by molar-refractivity contribution is 6.28. The summed E-state index contributed by atoms with van der Waals surface area (Å²) in [7, 11) is 0. The molecule has 0 atom stereocenters. The molecule has 0 saturated carbocycles. The third-order valence-electron chi connectivity index (χ3n) is 2.50. The van der Waals surface area contributed by atoms with Crippen LogP contribution >= 0.6 is 11.6 Å². The third-order valence-corrected chi connectivity index (χ3v) is 2.68. The quantitative estimate of drug-likeness (QED) is 0.883. The molecule has 2 aromatic heterocycles. The van der Waals surface area contributed by atoms with Gasteiger partial charge in [-0.15, -0.1) is 0 Å². The number of alkyl halides is 3. The smallest absolute Gasteiger partial charge is 0.389 e. The van der Waals surface area contributed by atoms with Gasteiger partial charge in [-0.3, -0.25) is 4.68 Å². The molecule has 0 saturated heterocycles. The summed E-state index contributed by atoms with van der Waals surface area (Å²) >= 11 is 5.57. The molecule has 0 aliphatic carbocycles. The van der Waals surface area contributed by atoms with E-state index in [-0.39, 0.29) is 17.5 Å². The van der Waals surface area contributed by atoms with Crippen molar-refractivity contribution in [3.8, 4) is 11.4 Å². The minimum Gasteiger partial charge on any atom is -0.389 e. The summed E-state index contributed by atoms with van der Waals surface area (Å²) in [4.78, 5) is 6.97. The Labute approximate surface area is 123 Å². The lowest BCUT2D eigenvalue weighted by atomic mass is 10.1. The average Bonchev–Trinajstić information content (AvgIpc) is 2.73. The van der Waals surface area contributed by atoms with Crippen LogP contribution in [-0.4, -0.2) is 30.5 Å². The van der Waals surface area contributed by atoms with Crippen molar-refractivity contribution in [2.45, 2.75) is 32.2 Å². The van der Waals surface area contributed by atoms with Gasteiger partial charge in [-0.05, 0) is 31.5 Å². The van der Waals surface area contributed by atoms with Gasteiger partial charge in [-0.25, -0.2) is 9.97 Å². The van der Waals surface area contributed by atoms with Crippen molar-refractivity contribution >= 4 is 11.6 Å². The maximum absolute atomic E-state index is 12.9. The van der Waals surface area contributed by atoms with Crippen LogP contribution in [0, 0.1) is 0 Å². The van der Waals surface area contributed by atoms with Crippen LogP contribution < -0.4 is 0 Å². The molecule has 114 valence electrons. The van der Waals surface area contributed by atoms with E-state index in [1.807, 2.05) is 0 Å². The summed E-state index contributed by atoms with van der Waals surface area (Å²) in [6, 6.07) is 1.37. The molecule has 0 bridgehead atoms. The van der Waals surface area contributed by atoms with Crippen molar-refractivity contribution in [2.75, 3.05) is 0 Å². The van der Waals surface area contributed by atoms with Crippen molar-refractivity contribution in [2.24, 2.45) is 0 Å². The van der Waals surface area contributed by atoms with E-state index >= 15 is 0 Å². The van der Waals surface area contributed by atoms with Crippen LogP contribution in [0.15, 0.2) is 18.5 Å². The SMILES string of the molecule is CC(C)(O)Cn1ccc(-c2nc(Cl)ncc2C(F)(F)F)n1. The Morgan fingerprint density at radius 1 is 1.33 bits per heavy atom. The summed E-state index contributed by atoms with van der Waals surface area (Å²) in [6.45, 7) is 3.27. The first-order chi connectivity index (χ1) is 9.56. The van der Waals surface area contributed by atoms with Crippen LogP contribution in [0.3, 0.4) is 0 Å². The predicted molar refractivity (Wildman–Crippen MR) is 69.6 cm³/mol. The fraction of sp³-hybridized carbons (Fsp3) is 0.417. The number of rotatable bonds is 3. The second-order valence-electron chi connectivity index (χ2n) is 5.11. The van der Waals surface area contributed by atoms with E-state index in [9.17, 15) is 18.3 Å². The van der Waals surface area contributed by atoms with E-state index < -0.39 is 23.0 Å². The van der Waals surface area contributed by atoms with Gasteiger partial charge < -0.3 is 5.11 Å². The second kappa shape index (κ2) is 5.27. The van der Waals surface area contributed by atoms with Gasteiger partial charge in [-0.2, -0.15) is 18.3 Å². The van der Waals surface area contributed by atoms with Crippen LogP contribution in [0.2, 0.25) is 5.28 Å². The molecule has 0 unspecified atom stereocenters. The molecule has 0 spiro atoms. The Morgan fingerprint density at radius 3 is 2.57 bits per heavy atom. The van der Waals surface area contributed by atoms with E-state index in [1.165, 1.54) is 16.9 Å². The molecule has 2 aromatic rings. The van der Waals surface area contributed by atoms with Crippen molar-refractivity contribution in [3.63, 3.8) is 0 Å². The zero-order valence-electron chi connectivity index (χ0n) is 11.2. The van der Waals surface area contributed by atoms with Gasteiger partial charge in [-0.1, -0.05) is 0 Å². The normalized spacial score (nSPS) is 12.7. The molecule has 0 amide bonds. The molecule has 1 N–H and O–H groups in total. The molecule has 2 heterocycles. The molecule has 0 radical (unpaired) electrons. The monoisotopic (exact) mass is 320 g/mol. The van der Waals surface area contributed by atoms with Gasteiger partial charge >= 0.3 is 6.18 Å². The van der Waals surface area contributed by atoms with Crippen LogP contribution in [0.25, 0.3) is 11.4 Å². The zero-order chi connectivity index (χ0) is 15.8. The molecule has 0 aliphatic heterocycles. The highest BCUT2D eigenvalue weighted by Gasteiger charge is 2.36. The lowest BCUT2D eigenvalue weighted by molar-refractivity contribution is -0.137. The van der Waals surface area contributed by atoms with Crippen molar-refractivity contribution in [1.29, 1.82) is 0 Å². The van der Waals surface area contributed by atoms with Gasteiger partial charge in [0.15, 0.2) is 0 Å². The number of hydrogen-bond donors (Lipinski definition) is 1. The van der Waals surface area contributed by atoms with Gasteiger partial charge in [0, 0.05) is 12.4 Å². The number of aromatic nitrogens is 4. The minimum atomic E-state index is -4.61. The molecule has 0 fully saturated rings. The van der Waals surface area contributed by atoms with Crippen LogP contribution in [0.1, 0.15) is 19.4 Å². The number of hydrogen-bond acceptors (Lipinski definition) is 4. The first-order valence-electron chi connectivity index (χ1n) is 5.92. The highest BCUT2D eigenvalue weighted by Crippen LogP contribution is 2.35. The van der Waals surface area contributed by atoms with E-state index in [1.54, 1.807) is 13.8 Å². The first kappa shape index (κ1) is 15.7. The molecule has 21 heavy (non-hydrogen) atoms. The predicted octanol–water partition coefficient (Wildman–Crippen LogP) is 2.78. The van der Waals surface area contributed by atoms with Crippen molar-refractivity contribution < 1.29 is 18.3 Å². The van der Waals surface area contributed by atoms with Crippen LogP contribution in [0.5, 0.6) is 0 Å². The molecule has 9 heteroatoms. The Balaban J connectivity index is 2.45. The van der Waals surface area contributed by atoms with E-state index in [0.717, 1.165) is 0 Å². The average molecular weight is 321 g/mol. The molecular formula is C12H12ClF3N4O. The summed E-state index contributed by atoms with van der Waals surface area (Å²) in [5.74, 6) is 0. The molecular weight excluding hydrogens is 309 g/mol. The molecule has 5 nitrogen and oxygen atoms in total. The van der Waals surface area contributed by atoms with Gasteiger partial charge in [0.1, 0.15) is 17.0 Å². The number of halogens is 4. The second-order valence-corrected chi connectivity index (χ2v) is 5.45. The zero-order valence-corrected chi connectivity index (χ0v) is 11.9. The fourth-order valence-corrected chi connectivity index (χ4v) is 1.87. The number of aliphatic hydroxyl groups is 1. The highest BCUT2D eigenvalue weighted by atomic mass is 35.5. The summed E-state index contributed by atoms with van der Waals surface area (Å²) in [5.41, 5.74) is -2.44. The Hall–Kier alpha value is -1.67. The Kier molecular flexibility index (Phi) is 3.94. The maximum atomic E-state index is 12.9. The van der Waals surface area contributed by atoms with Crippen LogP contribution in [-0.2, 0) is 12.7 Å². The topological polar surface area (TPSA) is 63.8 Å². The van der Waals surface area contributed by atoms with Crippen LogP contribution in [0.4, 0.5) is 13.2 Å². The van der Waals surface area contributed by atoms with Crippen molar-refractivity contribution in [3.05, 3.63) is 29.3 Å². The fourth-order valence-electron chi connectivity index (χ4n) is 1.74. The van der Waals surface area contributed by atoms with Gasteiger partial charge in [0.25, 0.3) is 0 Å². The largest absolute Gasteiger partial charge is 0.420 e. The summed E-state index contributed by atoms with van der Waals surface area (Å²) in [6.07, 6.45) is -2.52. The van der Waals surface area contributed by atoms with E-state index in [4.69, 9.17) is 11.6 Å². The maximum Gasteiger partial charge on any atom is 0.420 e. The Bertz CT molecular complexity index is 649. The minimum absolute atomic E-state index is 0.0101. The van der Waals surface area contributed by atoms with Gasteiger partial charge in [0.05, 0.1) is 12.1 Å². The van der Waals surface area contributed by atoms with Gasteiger partial charge in [0.2, 0.25) is 5.28 Å². The number of nitrogens with zero attached hydrogens (tertiary/aromatic N) is 4. The lowest BCUT2D eigenvalue weighted by Crippen LogP contribution is -2.26. The summed E-state index contributed by atoms with van der Waals surface area (Å²) < 4.78 is 40.2. The molecule has 0 aliphatic rings. The Morgan fingerprint density at radius 2 is 2.00 bits per heavy atom.